The van der Waals surface area contributed by atoms with E-state index in [4.69, 9.17) is 17.3 Å². The number of carbonyl (C=O) groups is 3. The molecule has 1 amide bonds. The van der Waals surface area contributed by atoms with Gasteiger partial charge in [0.2, 0.25) is 5.78 Å². The molecular formula is C30H29ClN2O7. The summed E-state index contributed by atoms with van der Waals surface area (Å²) >= 11 is 6.88. The molecule has 1 unspecified atom stereocenters. The Morgan fingerprint density at radius 3 is 2.38 bits per heavy atom. The van der Waals surface area contributed by atoms with E-state index in [-0.39, 0.29) is 42.2 Å². The summed E-state index contributed by atoms with van der Waals surface area (Å²) in [7, 11) is 2.00. The molecule has 9 nitrogen and oxygen atoms in total. The van der Waals surface area contributed by atoms with E-state index in [9.17, 15) is 34.8 Å². The van der Waals surface area contributed by atoms with Crippen LogP contribution < -0.4 is 5.73 Å². The van der Waals surface area contributed by atoms with Crippen LogP contribution in [0.25, 0.3) is 5.76 Å². The molecule has 1 fully saturated rings. The maximum Gasteiger partial charge on any atom is 0.255 e. The quantitative estimate of drug-likeness (QED) is 0.354. The lowest BCUT2D eigenvalue weighted by Gasteiger charge is -2.46. The minimum absolute atomic E-state index is 0.00296. The number of aliphatic hydroxyl groups is 3. The van der Waals surface area contributed by atoms with Crippen molar-refractivity contribution in [3.05, 3.63) is 80.1 Å². The number of fused-ring (bicyclic) bond motifs is 4. The number of nitrogens with two attached hydrogens (primary N) is 1. The van der Waals surface area contributed by atoms with Gasteiger partial charge in [0.05, 0.1) is 5.56 Å². The Bertz CT molecular complexity index is 1550. The summed E-state index contributed by atoms with van der Waals surface area (Å²) in [5, 5.41) is 44.7. The molecule has 40 heavy (non-hydrogen) atoms. The van der Waals surface area contributed by atoms with Gasteiger partial charge in [-0.1, -0.05) is 35.9 Å². The van der Waals surface area contributed by atoms with Gasteiger partial charge in [-0.2, -0.15) is 0 Å². The second kappa shape index (κ2) is 9.19. The molecule has 0 heterocycles. The first kappa shape index (κ1) is 26.6. The van der Waals surface area contributed by atoms with Crippen LogP contribution >= 0.6 is 11.6 Å². The molecule has 10 heteroatoms. The monoisotopic (exact) mass is 564 g/mol. The number of Topliss-reactive ketones (excluding diaryl/α,β-unsaturated/α-hetero) is 2. The molecule has 3 atom stereocenters. The largest absolute Gasteiger partial charge is 0.508 e. The van der Waals surface area contributed by atoms with Crippen LogP contribution in [-0.2, 0) is 40.2 Å². The summed E-state index contributed by atoms with van der Waals surface area (Å²) < 4.78 is 0. The van der Waals surface area contributed by atoms with Crippen LogP contribution in [0.5, 0.6) is 5.75 Å². The Morgan fingerprint density at radius 2 is 1.75 bits per heavy atom. The number of hydrogen-bond donors (Lipinski definition) is 5. The molecule has 1 saturated carbocycles. The third-order valence-corrected chi connectivity index (χ3v) is 9.62. The number of hydrogen-bond acceptors (Lipinski definition) is 8. The average Bonchev–Trinajstić information content (AvgIpc) is 3.33. The summed E-state index contributed by atoms with van der Waals surface area (Å²) in [5.41, 5.74) is 5.42. The highest BCUT2D eigenvalue weighted by molar-refractivity contribution is 6.32. The van der Waals surface area contributed by atoms with Gasteiger partial charge in [-0.25, -0.2) is 0 Å². The third kappa shape index (κ3) is 3.72. The number of phenolic OH excluding ortho intramolecular Hbond substituents is 1. The highest BCUT2D eigenvalue weighted by atomic mass is 35.5. The first-order valence-corrected chi connectivity index (χ1v) is 13.6. The van der Waals surface area contributed by atoms with Gasteiger partial charge in [0.1, 0.15) is 22.8 Å². The van der Waals surface area contributed by atoms with E-state index in [1.165, 1.54) is 17.2 Å². The second-order valence-electron chi connectivity index (χ2n) is 11.4. The maximum absolute atomic E-state index is 13.6. The SMILES string of the molecule is CN(Cc1cc(O)c2c(c1Cl)CC1C[C@H]3CC(=O)C(C(N)=O)=C(O)[C@@]3(O)C(=O)C1=C2O)C1Cc2ccccc2C1. The highest BCUT2D eigenvalue weighted by Crippen LogP contribution is 2.53. The number of rotatable bonds is 4. The van der Waals surface area contributed by atoms with Crippen LogP contribution in [-0.4, -0.2) is 61.5 Å². The van der Waals surface area contributed by atoms with Gasteiger partial charge in [-0.05, 0) is 67.0 Å². The van der Waals surface area contributed by atoms with Crippen LogP contribution in [0.2, 0.25) is 5.02 Å². The summed E-state index contributed by atoms with van der Waals surface area (Å²) in [5.74, 6) is -6.58. The molecule has 0 saturated heterocycles. The zero-order valence-corrected chi connectivity index (χ0v) is 22.5. The first-order chi connectivity index (χ1) is 18.9. The number of phenols is 1. The number of aliphatic hydroxyl groups excluding tert-OH is 2. The van der Waals surface area contributed by atoms with Gasteiger partial charge in [-0.15, -0.1) is 0 Å². The number of halogens is 1. The predicted molar refractivity (Wildman–Crippen MR) is 146 cm³/mol. The van der Waals surface area contributed by atoms with Crippen LogP contribution in [0.15, 0.2) is 47.2 Å². The van der Waals surface area contributed by atoms with Crippen LogP contribution in [0.4, 0.5) is 0 Å². The standard InChI is InChI=1S/C30H29ClN2O7/c1-33(18-7-13-4-2-3-5-14(13)8-18)12-16-10-20(34)23-19(25(16)31)9-15-6-17-11-21(35)24(29(32)39)28(38)30(17,40)27(37)22(15)26(23)36/h2-5,10,15,17-18,34,36,38,40H,6-9,11-12H2,1H3,(H2,32,39)/t15?,17-,30-/m0/s1. The fourth-order valence-corrected chi connectivity index (χ4v) is 7.37. The van der Waals surface area contributed by atoms with Gasteiger partial charge in [0.25, 0.3) is 5.91 Å². The van der Waals surface area contributed by atoms with Crippen LogP contribution in [0.1, 0.15) is 40.7 Å². The van der Waals surface area contributed by atoms with Crippen molar-refractivity contribution in [1.82, 2.24) is 4.90 Å². The van der Waals surface area contributed by atoms with Gasteiger partial charge in [0.15, 0.2) is 11.4 Å². The lowest BCUT2D eigenvalue weighted by atomic mass is 9.59. The van der Waals surface area contributed by atoms with Crippen molar-refractivity contribution in [1.29, 1.82) is 0 Å². The van der Waals surface area contributed by atoms with E-state index in [1.54, 1.807) is 0 Å². The molecule has 2 aromatic rings. The predicted octanol–water partition coefficient (Wildman–Crippen LogP) is 2.68. The van der Waals surface area contributed by atoms with Crippen molar-refractivity contribution in [2.45, 2.75) is 50.3 Å². The average molecular weight is 565 g/mol. The molecule has 0 spiro atoms. The Hall–Kier alpha value is -3.66. The molecule has 6 N–H and O–H groups in total. The summed E-state index contributed by atoms with van der Waals surface area (Å²) in [6.45, 7) is 0.449. The normalized spacial score (nSPS) is 26.1. The number of amides is 1. The highest BCUT2D eigenvalue weighted by Gasteiger charge is 2.60. The zero-order chi connectivity index (χ0) is 28.7. The smallest absolute Gasteiger partial charge is 0.255 e. The van der Waals surface area contributed by atoms with Crippen LogP contribution in [0, 0.1) is 11.8 Å². The lowest BCUT2D eigenvalue weighted by Crippen LogP contribution is -2.58. The first-order valence-electron chi connectivity index (χ1n) is 13.2. The topological polar surface area (TPSA) is 161 Å². The van der Waals surface area contributed by atoms with E-state index in [2.05, 4.69) is 17.0 Å². The van der Waals surface area contributed by atoms with Crippen molar-refractivity contribution >= 4 is 34.8 Å². The van der Waals surface area contributed by atoms with Crippen molar-refractivity contribution in [2.75, 3.05) is 7.05 Å². The van der Waals surface area contributed by atoms with E-state index < -0.39 is 52.0 Å². The lowest BCUT2D eigenvalue weighted by molar-refractivity contribution is -0.147. The second-order valence-corrected chi connectivity index (χ2v) is 11.8. The molecule has 2 aromatic carbocycles. The molecular weight excluding hydrogens is 536 g/mol. The minimum atomic E-state index is -2.59. The van der Waals surface area contributed by atoms with E-state index >= 15 is 0 Å². The van der Waals surface area contributed by atoms with Crippen molar-refractivity contribution in [2.24, 2.45) is 17.6 Å². The number of nitrogens with zero attached hydrogens (tertiary/aromatic N) is 1. The number of ketones is 2. The van der Waals surface area contributed by atoms with E-state index in [0.717, 1.165) is 12.8 Å². The van der Waals surface area contributed by atoms with Gasteiger partial charge >= 0.3 is 0 Å². The minimum Gasteiger partial charge on any atom is -0.508 e. The van der Waals surface area contributed by atoms with Crippen LogP contribution in [0.3, 0.4) is 0 Å². The Labute approximate surface area is 235 Å². The summed E-state index contributed by atoms with van der Waals surface area (Å²) in [6.07, 6.45) is 1.67. The molecule has 4 aliphatic carbocycles. The Balaban J connectivity index is 1.36. The number of primary amides is 1. The molecule has 0 radical (unpaired) electrons. The Morgan fingerprint density at radius 1 is 1.10 bits per heavy atom. The van der Waals surface area contributed by atoms with E-state index in [0.29, 0.717) is 22.7 Å². The zero-order valence-electron chi connectivity index (χ0n) is 21.8. The number of benzene rings is 2. The fraction of sp³-hybridized carbons (Fsp3) is 0.367. The number of likely N-dealkylation sites (N-methyl/N-ethyl adjacent to an activating group) is 1. The van der Waals surface area contributed by atoms with Gasteiger partial charge in [0, 0.05) is 35.5 Å². The van der Waals surface area contributed by atoms with E-state index in [1.807, 2.05) is 19.2 Å². The molecule has 0 aromatic heterocycles. The molecule has 0 bridgehead atoms. The fourth-order valence-electron chi connectivity index (χ4n) is 7.08. The maximum atomic E-state index is 13.6. The molecule has 208 valence electrons. The number of carbonyl (C=O) groups excluding carboxylic acids is 3. The van der Waals surface area contributed by atoms with Gasteiger partial charge < -0.3 is 26.2 Å². The van der Waals surface area contributed by atoms with Crippen molar-refractivity contribution in [3.8, 4) is 5.75 Å². The number of aromatic hydroxyl groups is 1. The third-order valence-electron chi connectivity index (χ3n) is 9.14. The molecule has 6 rings (SSSR count). The van der Waals surface area contributed by atoms with Crippen molar-refractivity contribution in [3.63, 3.8) is 0 Å². The Kier molecular flexibility index (Phi) is 6.10. The summed E-state index contributed by atoms with van der Waals surface area (Å²) in [4.78, 5) is 40.1. The van der Waals surface area contributed by atoms with Gasteiger partial charge in [-0.3, -0.25) is 19.3 Å². The molecule has 4 aliphatic rings. The summed E-state index contributed by atoms with van der Waals surface area (Å²) in [6, 6.07) is 10.1. The molecule has 0 aliphatic heterocycles. The van der Waals surface area contributed by atoms with Crippen molar-refractivity contribution < 1.29 is 34.8 Å².